The van der Waals surface area contributed by atoms with Gasteiger partial charge in [-0.05, 0) is 36.8 Å². The van der Waals surface area contributed by atoms with Crippen LogP contribution in [0.3, 0.4) is 0 Å². The predicted molar refractivity (Wildman–Crippen MR) is 134 cm³/mol. The van der Waals surface area contributed by atoms with Gasteiger partial charge in [0.05, 0.1) is 18.4 Å². The smallest absolute Gasteiger partial charge is 0.341 e. The molecule has 5 aromatic rings. The molecule has 0 saturated carbocycles. The number of carbonyl (C=O) groups is 1. The van der Waals surface area contributed by atoms with Crippen molar-refractivity contribution in [1.29, 1.82) is 0 Å². The number of aromatic carboxylic acids is 1. The standard InChI is InChI=1S/C25H23N7O4/c1-35-21-16(23-30-18-8-2-3-10-20(18)36-23)7-4-9-19(21)29-22-17(24(33)34)15-27-25(31-22)26-11-5-13-32-14-6-12-28-32/h2-4,6-10,12,14-15H,5,11,13H2,1H3,(H,33,34)(H2,26,27,29,31). The topological polar surface area (TPSA) is 140 Å². The van der Waals surface area contributed by atoms with E-state index < -0.39 is 5.97 Å². The number of aryl methyl sites for hydroxylation is 1. The number of oxazole rings is 1. The molecule has 0 spiro atoms. The highest BCUT2D eigenvalue weighted by Crippen LogP contribution is 2.38. The van der Waals surface area contributed by atoms with Gasteiger partial charge < -0.3 is 24.9 Å². The van der Waals surface area contributed by atoms with Gasteiger partial charge in [0, 0.05) is 31.7 Å². The largest absolute Gasteiger partial charge is 0.494 e. The third kappa shape index (κ3) is 4.80. The lowest BCUT2D eigenvalue weighted by molar-refractivity contribution is 0.0697. The summed E-state index contributed by atoms with van der Waals surface area (Å²) in [5.41, 5.74) is 2.41. The minimum absolute atomic E-state index is 0.0774. The predicted octanol–water partition coefficient (Wildman–Crippen LogP) is 4.43. The number of hydrogen-bond donors (Lipinski definition) is 3. The lowest BCUT2D eigenvalue weighted by atomic mass is 10.1. The first-order chi connectivity index (χ1) is 17.6. The van der Waals surface area contributed by atoms with Crippen molar-refractivity contribution in [3.8, 4) is 17.2 Å². The number of nitrogens with one attached hydrogen (secondary N) is 2. The summed E-state index contributed by atoms with van der Waals surface area (Å²) < 4.78 is 13.4. The van der Waals surface area contributed by atoms with Crippen LogP contribution < -0.4 is 15.4 Å². The number of ether oxygens (including phenoxy) is 1. The average Bonchev–Trinajstić information content (AvgIpc) is 3.56. The maximum absolute atomic E-state index is 11.9. The van der Waals surface area contributed by atoms with E-state index in [1.165, 1.54) is 13.3 Å². The second kappa shape index (κ2) is 10.1. The van der Waals surface area contributed by atoms with Crippen molar-refractivity contribution in [3.05, 3.63) is 72.7 Å². The molecule has 11 heteroatoms. The van der Waals surface area contributed by atoms with Gasteiger partial charge in [0.1, 0.15) is 11.1 Å². The molecule has 0 aliphatic rings. The minimum atomic E-state index is -1.16. The molecule has 0 aliphatic heterocycles. The van der Waals surface area contributed by atoms with E-state index >= 15 is 0 Å². The Balaban J connectivity index is 1.40. The fraction of sp³-hybridized carbons (Fsp3) is 0.160. The molecule has 0 saturated heterocycles. The molecule has 3 aromatic heterocycles. The third-order valence-corrected chi connectivity index (χ3v) is 5.42. The summed E-state index contributed by atoms with van der Waals surface area (Å²) in [5.74, 6) is 0.0963. The molecule has 0 unspecified atom stereocenters. The van der Waals surface area contributed by atoms with Crippen molar-refractivity contribution in [1.82, 2.24) is 24.7 Å². The van der Waals surface area contributed by atoms with Crippen molar-refractivity contribution >= 4 is 34.5 Å². The molecule has 0 bridgehead atoms. The molecule has 0 aliphatic carbocycles. The first kappa shape index (κ1) is 22.8. The number of rotatable bonds is 10. The molecular weight excluding hydrogens is 462 g/mol. The van der Waals surface area contributed by atoms with Crippen LogP contribution in [0, 0.1) is 0 Å². The summed E-state index contributed by atoms with van der Waals surface area (Å²) in [6, 6.07) is 14.7. The Morgan fingerprint density at radius 2 is 2.03 bits per heavy atom. The van der Waals surface area contributed by atoms with Crippen molar-refractivity contribution in [3.63, 3.8) is 0 Å². The maximum atomic E-state index is 11.9. The molecule has 182 valence electrons. The van der Waals surface area contributed by atoms with Gasteiger partial charge in [-0.2, -0.15) is 10.1 Å². The van der Waals surface area contributed by atoms with Crippen LogP contribution in [0.25, 0.3) is 22.6 Å². The summed E-state index contributed by atoms with van der Waals surface area (Å²) in [4.78, 5) is 25.0. The first-order valence-corrected chi connectivity index (χ1v) is 11.2. The van der Waals surface area contributed by atoms with E-state index in [-0.39, 0.29) is 11.4 Å². The Morgan fingerprint density at radius 1 is 1.14 bits per heavy atom. The normalized spacial score (nSPS) is 10.9. The number of anilines is 3. The molecule has 0 atom stereocenters. The van der Waals surface area contributed by atoms with Crippen LogP contribution in [0.15, 0.2) is 71.5 Å². The van der Waals surface area contributed by atoms with E-state index in [0.717, 1.165) is 18.5 Å². The lowest BCUT2D eigenvalue weighted by Gasteiger charge is -2.15. The van der Waals surface area contributed by atoms with Gasteiger partial charge in [0.15, 0.2) is 17.2 Å². The highest BCUT2D eigenvalue weighted by Gasteiger charge is 2.19. The van der Waals surface area contributed by atoms with E-state index in [9.17, 15) is 9.90 Å². The zero-order valence-electron chi connectivity index (χ0n) is 19.4. The van der Waals surface area contributed by atoms with Gasteiger partial charge >= 0.3 is 5.97 Å². The van der Waals surface area contributed by atoms with Crippen LogP contribution in [-0.2, 0) is 6.54 Å². The van der Waals surface area contributed by atoms with Crippen LogP contribution >= 0.6 is 0 Å². The Labute approximate surface area is 205 Å². The van der Waals surface area contributed by atoms with Crippen molar-refractivity contribution in [2.24, 2.45) is 0 Å². The summed E-state index contributed by atoms with van der Waals surface area (Å²) in [6.45, 7) is 1.32. The van der Waals surface area contributed by atoms with E-state index in [1.807, 2.05) is 47.3 Å². The molecule has 0 amide bonds. The number of hydrogen-bond acceptors (Lipinski definition) is 9. The molecule has 5 rings (SSSR count). The van der Waals surface area contributed by atoms with Crippen LogP contribution in [-0.4, -0.2) is 49.5 Å². The number of para-hydroxylation sites is 3. The van der Waals surface area contributed by atoms with Gasteiger partial charge in [-0.15, -0.1) is 0 Å². The van der Waals surface area contributed by atoms with E-state index in [4.69, 9.17) is 9.15 Å². The fourth-order valence-corrected chi connectivity index (χ4v) is 3.73. The molecule has 11 nitrogen and oxygen atoms in total. The second-order valence-corrected chi connectivity index (χ2v) is 7.81. The molecule has 0 fully saturated rings. The van der Waals surface area contributed by atoms with Crippen LogP contribution in [0.2, 0.25) is 0 Å². The number of fused-ring (bicyclic) bond motifs is 1. The van der Waals surface area contributed by atoms with Gasteiger partial charge in [-0.1, -0.05) is 18.2 Å². The quantitative estimate of drug-likeness (QED) is 0.243. The number of nitrogens with zero attached hydrogens (tertiary/aromatic N) is 5. The van der Waals surface area contributed by atoms with Crippen molar-refractivity contribution in [2.45, 2.75) is 13.0 Å². The second-order valence-electron chi connectivity index (χ2n) is 7.81. The summed E-state index contributed by atoms with van der Waals surface area (Å²) in [6.07, 6.45) is 5.68. The number of carboxylic acid groups (broad SMARTS) is 1. The number of aromatic nitrogens is 5. The zero-order chi connectivity index (χ0) is 24.9. The molecule has 0 radical (unpaired) electrons. The fourth-order valence-electron chi connectivity index (χ4n) is 3.73. The Kier molecular flexibility index (Phi) is 6.43. The SMILES string of the molecule is COc1c(Nc2nc(NCCCn3cccn3)ncc2C(=O)O)cccc1-c1nc2ccccc2o1. The molecule has 3 heterocycles. The Hall–Kier alpha value is -4.93. The summed E-state index contributed by atoms with van der Waals surface area (Å²) in [7, 11) is 1.53. The average molecular weight is 486 g/mol. The number of carboxylic acids is 1. The van der Waals surface area contributed by atoms with Crippen molar-refractivity contribution < 1.29 is 19.1 Å². The minimum Gasteiger partial charge on any atom is -0.494 e. The van der Waals surface area contributed by atoms with Crippen LogP contribution in [0.1, 0.15) is 16.8 Å². The molecule has 2 aromatic carbocycles. The van der Waals surface area contributed by atoms with Crippen LogP contribution in [0.4, 0.5) is 17.5 Å². The van der Waals surface area contributed by atoms with E-state index in [0.29, 0.717) is 41.0 Å². The highest BCUT2D eigenvalue weighted by molar-refractivity contribution is 5.94. The van der Waals surface area contributed by atoms with Gasteiger partial charge in [-0.3, -0.25) is 4.68 Å². The summed E-state index contributed by atoms with van der Waals surface area (Å²) >= 11 is 0. The maximum Gasteiger partial charge on any atom is 0.341 e. The highest BCUT2D eigenvalue weighted by atomic mass is 16.5. The van der Waals surface area contributed by atoms with Crippen LogP contribution in [0.5, 0.6) is 5.75 Å². The number of methoxy groups -OCH3 is 1. The number of benzene rings is 2. The zero-order valence-corrected chi connectivity index (χ0v) is 19.4. The lowest BCUT2D eigenvalue weighted by Crippen LogP contribution is -2.12. The van der Waals surface area contributed by atoms with Gasteiger partial charge in [0.2, 0.25) is 11.8 Å². The molecular formula is C25H23N7O4. The summed E-state index contributed by atoms with van der Waals surface area (Å²) in [5, 5.41) is 20.1. The Morgan fingerprint density at radius 3 is 2.81 bits per heavy atom. The van der Waals surface area contributed by atoms with Gasteiger partial charge in [0.25, 0.3) is 0 Å². The Bertz CT molecular complexity index is 1460. The third-order valence-electron chi connectivity index (χ3n) is 5.42. The monoisotopic (exact) mass is 485 g/mol. The molecule has 3 N–H and O–H groups in total. The van der Waals surface area contributed by atoms with E-state index in [1.54, 1.807) is 18.3 Å². The first-order valence-electron chi connectivity index (χ1n) is 11.2. The van der Waals surface area contributed by atoms with Gasteiger partial charge in [-0.25, -0.2) is 14.8 Å². The van der Waals surface area contributed by atoms with Crippen molar-refractivity contribution in [2.75, 3.05) is 24.3 Å². The van der Waals surface area contributed by atoms with E-state index in [2.05, 4.69) is 30.7 Å². The molecule has 36 heavy (non-hydrogen) atoms.